The second-order valence-electron chi connectivity index (χ2n) is 1.90. The molecule has 1 atom stereocenters. The van der Waals surface area contributed by atoms with Crippen LogP contribution in [0.2, 0.25) is 0 Å². The van der Waals surface area contributed by atoms with E-state index >= 15 is 0 Å². The van der Waals surface area contributed by atoms with Gasteiger partial charge in [0.15, 0.2) is 0 Å². The van der Waals surface area contributed by atoms with Crippen molar-refractivity contribution >= 4 is 7.82 Å². The van der Waals surface area contributed by atoms with E-state index in [-0.39, 0.29) is 11.9 Å². The van der Waals surface area contributed by atoms with E-state index in [4.69, 9.17) is 0 Å². The van der Waals surface area contributed by atoms with Crippen LogP contribution in [0.25, 0.3) is 0 Å². The molecule has 0 radical (unpaired) electrons. The number of phosphoric ester groups is 1. The average Bonchev–Trinajstić information content (AvgIpc) is 2.16. The lowest BCUT2D eigenvalue weighted by molar-refractivity contribution is 0.228. The third-order valence-corrected chi connectivity index (χ3v) is 2.38. The first-order valence-corrected chi connectivity index (χ1v) is 4.00. The second-order valence-corrected chi connectivity index (χ2v) is 3.32. The molecule has 1 unspecified atom stereocenters. The Balaban J connectivity index is 2.43. The molecule has 1 aromatic rings. The zero-order valence-electron chi connectivity index (χ0n) is 4.55. The summed E-state index contributed by atoms with van der Waals surface area (Å²) >= 11 is 0. The van der Waals surface area contributed by atoms with Gasteiger partial charge < -0.3 is 9.05 Å². The van der Waals surface area contributed by atoms with E-state index in [2.05, 4.69) is 18.7 Å². The largest absolute Gasteiger partial charge is 0.670 e. The highest BCUT2D eigenvalue weighted by atomic mass is 31.2. The van der Waals surface area contributed by atoms with Gasteiger partial charge in [0.25, 0.3) is 5.88 Å². The average molecular weight is 160 g/mol. The van der Waals surface area contributed by atoms with Crippen molar-refractivity contribution in [1.29, 1.82) is 0 Å². The molecule has 0 aromatic carbocycles. The standard InChI is InChI=1S/C3HN2O4P/c6-10-7-2-1-5(9-10)3(4-2)8-10/h1H. The smallest absolute Gasteiger partial charge is 0.364 e. The maximum Gasteiger partial charge on any atom is 0.670 e. The summed E-state index contributed by atoms with van der Waals surface area (Å²) in [5.41, 5.74) is 0. The lowest BCUT2D eigenvalue weighted by Crippen LogP contribution is -2.09. The first-order valence-electron chi connectivity index (χ1n) is 2.54. The molecule has 3 aliphatic rings. The number of nitrogens with zero attached hydrogens (tertiary/aromatic N) is 2. The van der Waals surface area contributed by atoms with E-state index in [1.54, 1.807) is 0 Å². The third kappa shape index (κ3) is 0.349. The van der Waals surface area contributed by atoms with Gasteiger partial charge in [-0.05, 0) is 0 Å². The van der Waals surface area contributed by atoms with Crippen LogP contribution in [0.3, 0.4) is 0 Å². The van der Waals surface area contributed by atoms with Crippen LogP contribution in [0.5, 0.6) is 11.9 Å². The number of hydrogen-bond acceptors (Lipinski definition) is 5. The highest BCUT2D eigenvalue weighted by Gasteiger charge is 2.48. The zero-order valence-corrected chi connectivity index (χ0v) is 5.45. The lowest BCUT2D eigenvalue weighted by Gasteiger charge is -2.11. The number of rotatable bonds is 0. The molecule has 4 rings (SSSR count). The lowest BCUT2D eigenvalue weighted by atomic mass is 10.9. The summed E-state index contributed by atoms with van der Waals surface area (Å²) in [6.07, 6.45) is 1.46. The first-order chi connectivity index (χ1) is 4.75. The third-order valence-electron chi connectivity index (χ3n) is 1.21. The summed E-state index contributed by atoms with van der Waals surface area (Å²) in [5.74, 6) is 0.288. The van der Waals surface area contributed by atoms with Gasteiger partial charge in [-0.3, -0.25) is 4.62 Å². The SMILES string of the molecule is O=P12Oc3cn(c(n3)O1)O2. The maximum absolute atomic E-state index is 11.1. The van der Waals surface area contributed by atoms with Crippen LogP contribution >= 0.6 is 7.82 Å². The molecule has 0 spiro atoms. The minimum Gasteiger partial charge on any atom is -0.364 e. The van der Waals surface area contributed by atoms with E-state index in [9.17, 15) is 4.57 Å². The maximum atomic E-state index is 11.1. The van der Waals surface area contributed by atoms with Gasteiger partial charge in [-0.1, -0.05) is 0 Å². The van der Waals surface area contributed by atoms with Gasteiger partial charge in [0.05, 0.1) is 0 Å². The Morgan fingerprint density at radius 1 is 1.60 bits per heavy atom. The van der Waals surface area contributed by atoms with Gasteiger partial charge in [-0.2, -0.15) is 9.55 Å². The van der Waals surface area contributed by atoms with E-state index in [0.717, 1.165) is 0 Å². The summed E-state index contributed by atoms with van der Waals surface area (Å²) in [4.78, 5) is 3.72. The number of hydrogen-bond donors (Lipinski definition) is 0. The summed E-state index contributed by atoms with van der Waals surface area (Å²) < 4.78 is 26.3. The predicted octanol–water partition coefficient (Wildman–Crippen LogP) is 0.205. The van der Waals surface area contributed by atoms with Crippen molar-refractivity contribution in [3.63, 3.8) is 0 Å². The molecule has 6 nitrogen and oxygen atoms in total. The quantitative estimate of drug-likeness (QED) is 0.507. The first kappa shape index (κ1) is 4.62. The van der Waals surface area contributed by atoms with Crippen LogP contribution in [-0.4, -0.2) is 9.71 Å². The molecule has 10 heavy (non-hydrogen) atoms. The van der Waals surface area contributed by atoms with Crippen LogP contribution in [-0.2, 0) is 4.57 Å². The van der Waals surface area contributed by atoms with Crippen molar-refractivity contribution < 1.29 is 18.2 Å². The Morgan fingerprint density at radius 3 is 3.10 bits per heavy atom. The molecule has 0 saturated carbocycles. The normalized spacial score (nSPS) is 31.2. The Labute approximate surface area is 54.9 Å². The summed E-state index contributed by atoms with van der Waals surface area (Å²) in [7, 11) is -3.30. The van der Waals surface area contributed by atoms with Crippen molar-refractivity contribution in [3.05, 3.63) is 6.20 Å². The molecule has 1 aromatic heterocycles. The van der Waals surface area contributed by atoms with E-state index in [0.29, 0.717) is 0 Å². The van der Waals surface area contributed by atoms with Crippen molar-refractivity contribution in [2.75, 3.05) is 0 Å². The van der Waals surface area contributed by atoms with Crippen molar-refractivity contribution in [2.24, 2.45) is 0 Å². The Bertz CT molecular complexity index is 322. The van der Waals surface area contributed by atoms with Gasteiger partial charge in [-0.15, -0.1) is 4.73 Å². The van der Waals surface area contributed by atoms with Crippen LogP contribution in [0.4, 0.5) is 0 Å². The topological polar surface area (TPSA) is 62.6 Å². The molecular weight excluding hydrogens is 159 g/mol. The van der Waals surface area contributed by atoms with Crippen LogP contribution in [0.15, 0.2) is 6.20 Å². The van der Waals surface area contributed by atoms with E-state index < -0.39 is 7.82 Å². The zero-order chi connectivity index (χ0) is 6.77. The summed E-state index contributed by atoms with van der Waals surface area (Å²) in [5, 5.41) is 0. The molecule has 4 heterocycles. The Morgan fingerprint density at radius 2 is 2.50 bits per heavy atom. The van der Waals surface area contributed by atoms with Gasteiger partial charge in [0.1, 0.15) is 6.20 Å². The minimum absolute atomic E-state index is 0.199. The molecular formula is C3HN2O4P. The predicted molar refractivity (Wildman–Crippen MR) is 27.7 cm³/mol. The molecule has 3 aliphatic heterocycles. The highest BCUT2D eigenvalue weighted by Crippen LogP contribution is 2.55. The van der Waals surface area contributed by atoms with Gasteiger partial charge in [-0.25, -0.2) is 0 Å². The van der Waals surface area contributed by atoms with Crippen LogP contribution < -0.4 is 13.7 Å². The van der Waals surface area contributed by atoms with Crippen LogP contribution in [0, 0.1) is 0 Å². The number of aromatic nitrogens is 2. The van der Waals surface area contributed by atoms with E-state index in [1.165, 1.54) is 10.9 Å². The molecule has 4 bridgehead atoms. The molecule has 0 amide bonds. The van der Waals surface area contributed by atoms with Crippen molar-refractivity contribution in [2.45, 2.75) is 0 Å². The molecule has 0 saturated heterocycles. The number of phosphoric acid groups is 1. The summed E-state index contributed by atoms with van der Waals surface area (Å²) in [6.45, 7) is 0. The molecule has 52 valence electrons. The second kappa shape index (κ2) is 1.03. The van der Waals surface area contributed by atoms with Crippen molar-refractivity contribution in [3.8, 4) is 11.9 Å². The van der Waals surface area contributed by atoms with Crippen molar-refractivity contribution in [1.82, 2.24) is 9.71 Å². The van der Waals surface area contributed by atoms with Crippen LogP contribution in [0.1, 0.15) is 0 Å². The van der Waals surface area contributed by atoms with Gasteiger partial charge >= 0.3 is 13.8 Å². The fourth-order valence-electron chi connectivity index (χ4n) is 0.865. The molecule has 0 aliphatic carbocycles. The molecule has 0 fully saturated rings. The molecule has 7 heteroatoms. The van der Waals surface area contributed by atoms with Gasteiger partial charge in [0, 0.05) is 0 Å². The Kier molecular flexibility index (Phi) is 0.478. The fourth-order valence-corrected chi connectivity index (χ4v) is 1.94. The molecule has 0 N–H and O–H groups in total. The van der Waals surface area contributed by atoms with E-state index in [1.807, 2.05) is 0 Å². The Hall–Kier alpha value is -1.16. The summed E-state index contributed by atoms with van der Waals surface area (Å²) in [6, 6.07) is 0.199. The van der Waals surface area contributed by atoms with Gasteiger partial charge in [0.2, 0.25) is 0 Å². The monoisotopic (exact) mass is 160 g/mol. The minimum atomic E-state index is -3.30. The fraction of sp³-hybridized carbons (Fsp3) is 0. The number of imidazole rings is 1. The highest BCUT2D eigenvalue weighted by molar-refractivity contribution is 7.49.